The van der Waals surface area contributed by atoms with Crippen LogP contribution in [0, 0.1) is 6.92 Å². The van der Waals surface area contributed by atoms with E-state index in [-0.39, 0.29) is 10.8 Å². The summed E-state index contributed by atoms with van der Waals surface area (Å²) in [5, 5.41) is 7.27. The van der Waals surface area contributed by atoms with E-state index in [9.17, 15) is 4.79 Å². The molecule has 0 radical (unpaired) electrons. The Hall–Kier alpha value is -2.67. The summed E-state index contributed by atoms with van der Waals surface area (Å²) in [5.74, 6) is 0.0916. The van der Waals surface area contributed by atoms with Crippen molar-refractivity contribution in [1.82, 2.24) is 19.6 Å². The minimum absolute atomic E-state index is 0.163. The normalized spacial score (nSPS) is 10.7. The molecule has 0 unspecified atom stereocenters. The van der Waals surface area contributed by atoms with Crippen LogP contribution < -0.4 is 10.1 Å². The van der Waals surface area contributed by atoms with E-state index in [1.807, 2.05) is 13.0 Å². The molecule has 0 aliphatic rings. The highest BCUT2D eigenvalue weighted by Gasteiger charge is 2.13. The summed E-state index contributed by atoms with van der Waals surface area (Å²) in [5.41, 5.74) is 2.40. The van der Waals surface area contributed by atoms with E-state index in [2.05, 4.69) is 20.4 Å². The molecular formula is C14H12ClN5O2. The van der Waals surface area contributed by atoms with Crippen LogP contribution in [-0.4, -0.2) is 32.6 Å². The third-order valence-electron chi connectivity index (χ3n) is 3.01. The molecule has 7 nitrogen and oxygen atoms in total. The highest BCUT2D eigenvalue weighted by atomic mass is 35.5. The van der Waals surface area contributed by atoms with Gasteiger partial charge in [0.25, 0.3) is 5.91 Å². The van der Waals surface area contributed by atoms with Crippen LogP contribution in [0.4, 0.5) is 5.69 Å². The van der Waals surface area contributed by atoms with Crippen LogP contribution in [0.3, 0.4) is 0 Å². The molecule has 22 heavy (non-hydrogen) atoms. The van der Waals surface area contributed by atoms with Crippen LogP contribution in [0.1, 0.15) is 16.2 Å². The lowest BCUT2D eigenvalue weighted by Gasteiger charge is -2.10. The van der Waals surface area contributed by atoms with Gasteiger partial charge in [0.05, 0.1) is 42.6 Å². The van der Waals surface area contributed by atoms with E-state index < -0.39 is 5.91 Å². The molecule has 3 aromatic heterocycles. The van der Waals surface area contributed by atoms with Crippen molar-refractivity contribution in [2.45, 2.75) is 6.92 Å². The number of hydrogen-bond donors (Lipinski definition) is 1. The molecule has 3 rings (SSSR count). The van der Waals surface area contributed by atoms with Gasteiger partial charge in [0.2, 0.25) is 0 Å². The second kappa shape index (κ2) is 5.61. The molecule has 0 fully saturated rings. The Labute approximate surface area is 130 Å². The van der Waals surface area contributed by atoms with E-state index in [0.717, 1.165) is 11.2 Å². The monoisotopic (exact) mass is 317 g/mol. The number of hydrogen-bond acceptors (Lipinski definition) is 5. The van der Waals surface area contributed by atoms with Crippen LogP contribution in [0.5, 0.6) is 5.75 Å². The Balaban J connectivity index is 1.94. The molecule has 0 spiro atoms. The highest BCUT2D eigenvalue weighted by Crippen LogP contribution is 2.26. The van der Waals surface area contributed by atoms with Gasteiger partial charge in [0.15, 0.2) is 5.75 Å². The van der Waals surface area contributed by atoms with Crippen LogP contribution >= 0.6 is 11.6 Å². The van der Waals surface area contributed by atoms with Gasteiger partial charge in [0.1, 0.15) is 10.8 Å². The van der Waals surface area contributed by atoms with Crippen LogP contribution in [0.25, 0.3) is 5.52 Å². The summed E-state index contributed by atoms with van der Waals surface area (Å²) in [4.78, 5) is 20.0. The molecule has 0 atom stereocenters. The van der Waals surface area contributed by atoms with Crippen LogP contribution in [0.15, 0.2) is 30.7 Å². The zero-order chi connectivity index (χ0) is 15.7. The van der Waals surface area contributed by atoms with Crippen molar-refractivity contribution in [3.63, 3.8) is 0 Å². The predicted octanol–water partition coefficient (Wildman–Crippen LogP) is 2.35. The molecule has 3 aromatic rings. The molecule has 0 saturated carbocycles. The van der Waals surface area contributed by atoms with E-state index in [1.165, 1.54) is 19.5 Å². The van der Waals surface area contributed by atoms with Crippen molar-refractivity contribution in [3.05, 3.63) is 47.3 Å². The molecule has 0 aliphatic heterocycles. The summed E-state index contributed by atoms with van der Waals surface area (Å²) in [6.07, 6.45) is 4.33. The van der Waals surface area contributed by atoms with Gasteiger partial charge in [-0.1, -0.05) is 11.6 Å². The van der Waals surface area contributed by atoms with Gasteiger partial charge in [-0.3, -0.25) is 4.79 Å². The predicted molar refractivity (Wildman–Crippen MR) is 81.5 cm³/mol. The minimum atomic E-state index is -0.400. The molecule has 112 valence electrons. The van der Waals surface area contributed by atoms with E-state index >= 15 is 0 Å². The van der Waals surface area contributed by atoms with E-state index in [0.29, 0.717) is 11.4 Å². The van der Waals surface area contributed by atoms with Crippen molar-refractivity contribution in [1.29, 1.82) is 0 Å². The maximum Gasteiger partial charge on any atom is 0.275 e. The van der Waals surface area contributed by atoms with Crippen LogP contribution in [-0.2, 0) is 0 Å². The van der Waals surface area contributed by atoms with Crippen molar-refractivity contribution in [3.8, 4) is 5.75 Å². The number of ether oxygens (including phenoxy) is 1. The molecule has 8 heteroatoms. The maximum atomic E-state index is 12.2. The fourth-order valence-electron chi connectivity index (χ4n) is 2.02. The first-order valence-electron chi connectivity index (χ1n) is 6.40. The first-order chi connectivity index (χ1) is 10.6. The first kappa shape index (κ1) is 14.3. The van der Waals surface area contributed by atoms with Gasteiger partial charge < -0.3 is 10.1 Å². The largest absolute Gasteiger partial charge is 0.493 e. The fourth-order valence-corrected chi connectivity index (χ4v) is 2.12. The van der Waals surface area contributed by atoms with Crippen LogP contribution in [0.2, 0.25) is 5.15 Å². The molecule has 0 aromatic carbocycles. The van der Waals surface area contributed by atoms with Crippen molar-refractivity contribution in [2.75, 3.05) is 12.4 Å². The number of nitrogens with one attached hydrogen (secondary N) is 1. The summed E-state index contributed by atoms with van der Waals surface area (Å²) in [7, 11) is 1.52. The van der Waals surface area contributed by atoms with Crippen molar-refractivity contribution < 1.29 is 9.53 Å². The molecule has 0 bridgehead atoms. The van der Waals surface area contributed by atoms with Gasteiger partial charge in [-0.25, -0.2) is 14.5 Å². The summed E-state index contributed by atoms with van der Waals surface area (Å²) >= 11 is 5.66. The molecule has 1 amide bonds. The SMILES string of the molecule is COc1cn2nc(C)cc2cc1NC(=O)c1cnc(Cl)cn1. The number of carbonyl (C=O) groups is 1. The van der Waals surface area contributed by atoms with Crippen molar-refractivity contribution >= 4 is 28.7 Å². The zero-order valence-corrected chi connectivity index (χ0v) is 12.6. The minimum Gasteiger partial charge on any atom is -0.493 e. The van der Waals surface area contributed by atoms with Gasteiger partial charge in [-0.15, -0.1) is 0 Å². The third-order valence-corrected chi connectivity index (χ3v) is 3.20. The summed E-state index contributed by atoms with van der Waals surface area (Å²) in [6, 6.07) is 3.68. The van der Waals surface area contributed by atoms with Crippen molar-refractivity contribution in [2.24, 2.45) is 0 Å². The standard InChI is InChI=1S/C14H12ClN5O2/c1-8-3-9-4-10(12(22-2)7-20(9)19-8)18-14(21)11-5-17-13(15)6-16-11/h3-7H,1-2H3,(H,18,21). The Morgan fingerprint density at radius 2 is 2.14 bits per heavy atom. The zero-order valence-electron chi connectivity index (χ0n) is 11.9. The Kier molecular flexibility index (Phi) is 3.64. The van der Waals surface area contributed by atoms with E-state index in [1.54, 1.807) is 16.8 Å². The Bertz CT molecular complexity index is 844. The van der Waals surface area contributed by atoms with Gasteiger partial charge in [0, 0.05) is 0 Å². The lowest BCUT2D eigenvalue weighted by atomic mass is 10.3. The fraction of sp³-hybridized carbons (Fsp3) is 0.143. The lowest BCUT2D eigenvalue weighted by molar-refractivity contribution is 0.102. The number of nitrogens with zero attached hydrogens (tertiary/aromatic N) is 4. The smallest absolute Gasteiger partial charge is 0.275 e. The number of pyridine rings is 1. The lowest BCUT2D eigenvalue weighted by Crippen LogP contribution is -2.15. The molecule has 3 heterocycles. The number of carbonyl (C=O) groups excluding carboxylic acids is 1. The topological polar surface area (TPSA) is 81.4 Å². The number of anilines is 1. The van der Waals surface area contributed by atoms with Gasteiger partial charge >= 0.3 is 0 Å². The van der Waals surface area contributed by atoms with E-state index in [4.69, 9.17) is 16.3 Å². The Morgan fingerprint density at radius 1 is 1.32 bits per heavy atom. The van der Waals surface area contributed by atoms with Gasteiger partial charge in [-0.05, 0) is 19.1 Å². The first-order valence-corrected chi connectivity index (χ1v) is 6.77. The number of rotatable bonds is 3. The highest BCUT2D eigenvalue weighted by molar-refractivity contribution is 6.29. The summed E-state index contributed by atoms with van der Waals surface area (Å²) < 4.78 is 6.97. The average molecular weight is 318 g/mol. The summed E-state index contributed by atoms with van der Waals surface area (Å²) in [6.45, 7) is 1.89. The number of fused-ring (bicyclic) bond motifs is 1. The molecule has 0 aliphatic carbocycles. The second-order valence-corrected chi connectivity index (χ2v) is 4.98. The quantitative estimate of drug-likeness (QED) is 0.802. The number of aromatic nitrogens is 4. The average Bonchev–Trinajstić information content (AvgIpc) is 2.86. The Morgan fingerprint density at radius 3 is 2.82 bits per heavy atom. The molecular weight excluding hydrogens is 306 g/mol. The maximum absolute atomic E-state index is 12.2. The number of aryl methyl sites for hydroxylation is 1. The molecule has 0 saturated heterocycles. The number of methoxy groups -OCH3 is 1. The number of amides is 1. The third kappa shape index (κ3) is 2.71. The van der Waals surface area contributed by atoms with Gasteiger partial charge in [-0.2, -0.15) is 5.10 Å². The molecule has 1 N–H and O–H groups in total. The number of halogens is 1. The second-order valence-electron chi connectivity index (χ2n) is 4.59.